The summed E-state index contributed by atoms with van der Waals surface area (Å²) in [5.74, 6) is 0. The van der Waals surface area contributed by atoms with E-state index in [1.165, 1.54) is 51.5 Å². The predicted octanol–water partition coefficient (Wildman–Crippen LogP) is 2.03. The number of hydrogen-bond acceptors (Lipinski definition) is 4. The van der Waals surface area contributed by atoms with Gasteiger partial charge in [0.2, 0.25) is 0 Å². The molecule has 0 amide bonds. The molecule has 0 saturated carbocycles. The highest BCUT2D eigenvalue weighted by atomic mass is 16.5. The number of nitrogens with one attached hydrogen (secondary N) is 1. The lowest BCUT2D eigenvalue weighted by molar-refractivity contribution is 0.0210. The molecule has 2 atom stereocenters. The molecule has 0 spiro atoms. The number of hydrogen-bond donors (Lipinski definition) is 1. The zero-order valence-corrected chi connectivity index (χ0v) is 13.3. The summed E-state index contributed by atoms with van der Waals surface area (Å²) < 4.78 is 10.5. The molecule has 0 aliphatic carbocycles. The molecular formula is C16H32N2O2. The van der Waals surface area contributed by atoms with Crippen molar-refractivity contribution in [3.8, 4) is 0 Å². The minimum atomic E-state index is 0.710. The lowest BCUT2D eigenvalue weighted by atomic mass is 9.81. The van der Waals surface area contributed by atoms with Crippen LogP contribution >= 0.6 is 0 Å². The first-order valence-electron chi connectivity index (χ1n) is 8.35. The first-order chi connectivity index (χ1) is 9.85. The van der Waals surface area contributed by atoms with Crippen LogP contribution in [-0.4, -0.2) is 63.5 Å². The van der Waals surface area contributed by atoms with Gasteiger partial charge in [0, 0.05) is 31.8 Å². The van der Waals surface area contributed by atoms with E-state index in [1.807, 2.05) is 0 Å². The summed E-state index contributed by atoms with van der Waals surface area (Å²) in [4.78, 5) is 2.80. The molecule has 2 aliphatic rings. The van der Waals surface area contributed by atoms with E-state index in [2.05, 4.69) is 17.3 Å². The smallest absolute Gasteiger partial charge is 0.0700 e. The Kier molecular flexibility index (Phi) is 7.28. The number of fused-ring (bicyclic) bond motifs is 2. The second-order valence-corrected chi connectivity index (χ2v) is 6.25. The molecule has 2 aliphatic heterocycles. The summed E-state index contributed by atoms with van der Waals surface area (Å²) in [6.45, 7) is 3.59. The molecule has 2 rings (SSSR count). The van der Waals surface area contributed by atoms with E-state index in [0.717, 1.165) is 31.3 Å². The van der Waals surface area contributed by atoms with Crippen LogP contribution in [0.4, 0.5) is 0 Å². The molecular weight excluding hydrogens is 252 g/mol. The fourth-order valence-corrected chi connectivity index (χ4v) is 3.82. The molecule has 2 saturated heterocycles. The van der Waals surface area contributed by atoms with Gasteiger partial charge >= 0.3 is 0 Å². The Morgan fingerprint density at radius 2 is 1.80 bits per heavy atom. The normalized spacial score (nSPS) is 30.6. The first-order valence-corrected chi connectivity index (χ1v) is 8.35. The second kappa shape index (κ2) is 8.98. The molecule has 118 valence electrons. The van der Waals surface area contributed by atoms with Crippen molar-refractivity contribution in [1.82, 2.24) is 10.2 Å². The molecule has 0 radical (unpaired) electrons. The third kappa shape index (κ3) is 4.69. The lowest BCUT2D eigenvalue weighted by Crippen LogP contribution is -2.55. The highest BCUT2D eigenvalue weighted by Gasteiger charge is 2.36. The Morgan fingerprint density at radius 1 is 1.05 bits per heavy atom. The molecule has 1 N–H and O–H groups in total. The van der Waals surface area contributed by atoms with Crippen molar-refractivity contribution in [2.75, 3.05) is 40.5 Å². The summed E-state index contributed by atoms with van der Waals surface area (Å²) in [6, 6.07) is 2.41. The SMILES string of the molecule is CNC1CC2CCCC(C1)N2CCCCOCCOC. The fourth-order valence-electron chi connectivity index (χ4n) is 3.82. The number of methoxy groups -OCH3 is 1. The van der Waals surface area contributed by atoms with Crippen LogP contribution in [0.2, 0.25) is 0 Å². The maximum Gasteiger partial charge on any atom is 0.0700 e. The van der Waals surface area contributed by atoms with Gasteiger partial charge in [0.25, 0.3) is 0 Å². The molecule has 0 aromatic heterocycles. The lowest BCUT2D eigenvalue weighted by Gasteiger charge is -2.49. The number of unbranched alkanes of at least 4 members (excludes halogenated alkanes) is 1. The van der Waals surface area contributed by atoms with Crippen molar-refractivity contribution in [2.24, 2.45) is 0 Å². The van der Waals surface area contributed by atoms with Gasteiger partial charge in [-0.05, 0) is 52.1 Å². The van der Waals surface area contributed by atoms with Crippen LogP contribution in [0.3, 0.4) is 0 Å². The molecule has 0 aromatic rings. The van der Waals surface area contributed by atoms with E-state index >= 15 is 0 Å². The predicted molar refractivity (Wildman–Crippen MR) is 82.1 cm³/mol. The molecule has 20 heavy (non-hydrogen) atoms. The zero-order valence-electron chi connectivity index (χ0n) is 13.3. The van der Waals surface area contributed by atoms with Crippen LogP contribution in [0.25, 0.3) is 0 Å². The third-order valence-electron chi connectivity index (χ3n) is 4.92. The van der Waals surface area contributed by atoms with E-state index < -0.39 is 0 Å². The number of rotatable bonds is 9. The Balaban J connectivity index is 1.63. The van der Waals surface area contributed by atoms with Crippen molar-refractivity contribution in [3.05, 3.63) is 0 Å². The monoisotopic (exact) mass is 284 g/mol. The average Bonchev–Trinajstić information content (AvgIpc) is 2.45. The molecule has 2 unspecified atom stereocenters. The Bertz CT molecular complexity index is 249. The van der Waals surface area contributed by atoms with Crippen molar-refractivity contribution >= 4 is 0 Å². The van der Waals surface area contributed by atoms with E-state index in [4.69, 9.17) is 9.47 Å². The van der Waals surface area contributed by atoms with Gasteiger partial charge in [0.15, 0.2) is 0 Å². The number of nitrogens with zero attached hydrogens (tertiary/aromatic N) is 1. The summed E-state index contributed by atoms with van der Waals surface area (Å²) in [7, 11) is 3.84. The molecule has 0 aromatic carbocycles. The van der Waals surface area contributed by atoms with Gasteiger partial charge in [-0.3, -0.25) is 4.90 Å². The molecule has 2 fully saturated rings. The third-order valence-corrected chi connectivity index (χ3v) is 4.92. The van der Waals surface area contributed by atoms with Crippen LogP contribution < -0.4 is 5.32 Å². The van der Waals surface area contributed by atoms with Gasteiger partial charge in [-0.1, -0.05) is 6.42 Å². The largest absolute Gasteiger partial charge is 0.382 e. The van der Waals surface area contributed by atoms with Gasteiger partial charge in [-0.15, -0.1) is 0 Å². The van der Waals surface area contributed by atoms with Gasteiger partial charge in [0.1, 0.15) is 0 Å². The summed E-state index contributed by atoms with van der Waals surface area (Å²) in [6.07, 6.45) is 9.37. The van der Waals surface area contributed by atoms with Gasteiger partial charge < -0.3 is 14.8 Å². The quantitative estimate of drug-likeness (QED) is 0.657. The van der Waals surface area contributed by atoms with E-state index in [-0.39, 0.29) is 0 Å². The average molecular weight is 284 g/mol. The topological polar surface area (TPSA) is 33.7 Å². The maximum absolute atomic E-state index is 5.54. The van der Waals surface area contributed by atoms with Crippen LogP contribution in [-0.2, 0) is 9.47 Å². The van der Waals surface area contributed by atoms with Crippen LogP contribution in [0.1, 0.15) is 44.9 Å². The minimum absolute atomic E-state index is 0.710. The number of ether oxygens (including phenoxy) is 2. The van der Waals surface area contributed by atoms with Crippen molar-refractivity contribution in [3.63, 3.8) is 0 Å². The van der Waals surface area contributed by atoms with Crippen molar-refractivity contribution in [1.29, 1.82) is 0 Å². The van der Waals surface area contributed by atoms with Crippen molar-refractivity contribution in [2.45, 2.75) is 63.1 Å². The zero-order chi connectivity index (χ0) is 14.2. The standard InChI is InChI=1S/C16H32N2O2/c1-17-14-12-15-6-5-7-16(13-14)18(15)8-3-4-9-20-11-10-19-2/h14-17H,3-13H2,1-2H3. The van der Waals surface area contributed by atoms with E-state index in [9.17, 15) is 0 Å². The molecule has 2 heterocycles. The summed E-state index contributed by atoms with van der Waals surface area (Å²) in [5, 5.41) is 3.49. The van der Waals surface area contributed by atoms with E-state index in [0.29, 0.717) is 6.61 Å². The van der Waals surface area contributed by atoms with E-state index in [1.54, 1.807) is 7.11 Å². The first kappa shape index (κ1) is 16.2. The van der Waals surface area contributed by atoms with Gasteiger partial charge in [-0.25, -0.2) is 0 Å². The van der Waals surface area contributed by atoms with Crippen molar-refractivity contribution < 1.29 is 9.47 Å². The Labute approximate surface area is 124 Å². The van der Waals surface area contributed by atoms with Crippen LogP contribution in [0, 0.1) is 0 Å². The summed E-state index contributed by atoms with van der Waals surface area (Å²) in [5.41, 5.74) is 0. The highest BCUT2D eigenvalue weighted by molar-refractivity contribution is 4.94. The van der Waals surface area contributed by atoms with Gasteiger partial charge in [0.05, 0.1) is 13.2 Å². The molecule has 4 heteroatoms. The van der Waals surface area contributed by atoms with Crippen LogP contribution in [0.15, 0.2) is 0 Å². The fraction of sp³-hybridized carbons (Fsp3) is 1.00. The Morgan fingerprint density at radius 3 is 2.45 bits per heavy atom. The number of piperidine rings is 2. The summed E-state index contributed by atoms with van der Waals surface area (Å²) >= 11 is 0. The highest BCUT2D eigenvalue weighted by Crippen LogP contribution is 2.34. The molecule has 4 nitrogen and oxygen atoms in total. The maximum atomic E-state index is 5.54. The molecule has 2 bridgehead atoms. The van der Waals surface area contributed by atoms with Crippen LogP contribution in [0.5, 0.6) is 0 Å². The second-order valence-electron chi connectivity index (χ2n) is 6.25. The van der Waals surface area contributed by atoms with Gasteiger partial charge in [-0.2, -0.15) is 0 Å². The Hall–Kier alpha value is -0.160. The minimum Gasteiger partial charge on any atom is -0.382 e.